The van der Waals surface area contributed by atoms with Gasteiger partial charge in [-0.1, -0.05) is 29.8 Å². The predicted molar refractivity (Wildman–Crippen MR) is 125 cm³/mol. The van der Waals surface area contributed by atoms with Gasteiger partial charge in [0, 0.05) is 28.0 Å². The highest BCUT2D eigenvalue weighted by Crippen LogP contribution is 2.53. The van der Waals surface area contributed by atoms with Gasteiger partial charge in [0.05, 0.1) is 5.56 Å². The monoisotopic (exact) mass is 531 g/mol. The van der Waals surface area contributed by atoms with Crippen LogP contribution in [0, 0.1) is 0 Å². The smallest absolute Gasteiger partial charge is 0.454 e. The second kappa shape index (κ2) is 8.13. The number of hydrogen-bond donors (Lipinski definition) is 1. The summed E-state index contributed by atoms with van der Waals surface area (Å²) in [7, 11) is 0. The first kappa shape index (κ1) is 23.2. The molecule has 1 amide bonds. The number of carbonyl (C=O) groups is 1. The SMILES string of the molecule is O=C(Nc1ccc2c(c1)C(F)(F)C(F)(F)O2)n1cc(-c2ccc3c(c2)OCO3)c(-c2ccc(Cl)cc2)n1. The highest BCUT2D eigenvalue weighted by molar-refractivity contribution is 6.30. The molecule has 2 aliphatic heterocycles. The maximum atomic E-state index is 14.1. The van der Waals surface area contributed by atoms with E-state index in [1.54, 1.807) is 42.5 Å². The standard InChI is InChI=1S/C25H14ClF4N3O4/c26-15-4-1-13(2-5-15)22-17(14-3-7-20-21(9-14)36-12-35-20)11-33(32-22)23(34)31-16-6-8-19-18(10-16)24(27,28)25(29,30)37-19/h1-11H,12H2,(H,31,34). The molecular weight excluding hydrogens is 518 g/mol. The number of hydrogen-bond acceptors (Lipinski definition) is 5. The van der Waals surface area contributed by atoms with Crippen molar-refractivity contribution in [1.82, 2.24) is 9.78 Å². The number of nitrogens with one attached hydrogen (secondary N) is 1. The summed E-state index contributed by atoms with van der Waals surface area (Å²) in [5.41, 5.74) is 1.14. The number of amides is 1. The molecule has 188 valence electrons. The van der Waals surface area contributed by atoms with E-state index in [2.05, 4.69) is 15.2 Å². The minimum Gasteiger partial charge on any atom is -0.454 e. The fourth-order valence-corrected chi connectivity index (χ4v) is 4.18. The topological polar surface area (TPSA) is 74.6 Å². The summed E-state index contributed by atoms with van der Waals surface area (Å²) < 4.78 is 71.1. The first-order valence-electron chi connectivity index (χ1n) is 10.8. The number of aromatic nitrogens is 2. The number of benzene rings is 3. The van der Waals surface area contributed by atoms with Gasteiger partial charge < -0.3 is 19.5 Å². The Bertz CT molecular complexity index is 1560. The number of carbonyl (C=O) groups excluding carboxylic acids is 1. The molecule has 0 radical (unpaired) electrons. The summed E-state index contributed by atoms with van der Waals surface area (Å²) >= 11 is 6.01. The van der Waals surface area contributed by atoms with Gasteiger partial charge in [-0.25, -0.2) is 4.79 Å². The van der Waals surface area contributed by atoms with Gasteiger partial charge >= 0.3 is 18.1 Å². The number of fused-ring (bicyclic) bond motifs is 2. The van der Waals surface area contributed by atoms with Crippen LogP contribution in [0.2, 0.25) is 5.02 Å². The number of ether oxygens (including phenoxy) is 3. The molecule has 0 spiro atoms. The van der Waals surface area contributed by atoms with Gasteiger partial charge in [-0.15, -0.1) is 0 Å². The number of rotatable bonds is 3. The Labute approximate surface area is 211 Å². The van der Waals surface area contributed by atoms with Crippen LogP contribution >= 0.6 is 11.6 Å². The van der Waals surface area contributed by atoms with Crippen molar-refractivity contribution in [1.29, 1.82) is 0 Å². The molecule has 3 aromatic carbocycles. The van der Waals surface area contributed by atoms with Crippen molar-refractivity contribution in [3.05, 3.63) is 77.4 Å². The van der Waals surface area contributed by atoms with Crippen LogP contribution < -0.4 is 19.5 Å². The number of halogens is 5. The van der Waals surface area contributed by atoms with Crippen molar-refractivity contribution in [3.63, 3.8) is 0 Å². The van der Waals surface area contributed by atoms with E-state index < -0.39 is 29.4 Å². The largest absolute Gasteiger partial charge is 0.469 e. The predicted octanol–water partition coefficient (Wildman–Crippen LogP) is 6.76. The molecule has 12 heteroatoms. The Balaban J connectivity index is 1.36. The Hall–Kier alpha value is -4.25. The van der Waals surface area contributed by atoms with E-state index in [9.17, 15) is 22.4 Å². The zero-order valence-electron chi connectivity index (χ0n) is 18.5. The summed E-state index contributed by atoms with van der Waals surface area (Å²) in [5, 5.41) is 7.31. The van der Waals surface area contributed by atoms with Crippen molar-refractivity contribution >= 4 is 23.3 Å². The summed E-state index contributed by atoms with van der Waals surface area (Å²) in [4.78, 5) is 13.0. The zero-order chi connectivity index (χ0) is 25.9. The lowest BCUT2D eigenvalue weighted by Gasteiger charge is -2.16. The molecule has 1 N–H and O–H groups in total. The van der Waals surface area contributed by atoms with Crippen LogP contribution in [0.15, 0.2) is 66.9 Å². The van der Waals surface area contributed by atoms with Gasteiger partial charge in [0.25, 0.3) is 0 Å². The van der Waals surface area contributed by atoms with Crippen molar-refractivity contribution in [2.24, 2.45) is 0 Å². The highest BCUT2D eigenvalue weighted by Gasteiger charge is 2.66. The first-order valence-corrected chi connectivity index (χ1v) is 11.2. The van der Waals surface area contributed by atoms with Crippen molar-refractivity contribution in [2.45, 2.75) is 12.0 Å². The Morgan fingerprint density at radius 2 is 1.62 bits per heavy atom. The second-order valence-corrected chi connectivity index (χ2v) is 8.68. The molecule has 2 aliphatic rings. The third-order valence-electron chi connectivity index (χ3n) is 5.90. The molecule has 37 heavy (non-hydrogen) atoms. The van der Waals surface area contributed by atoms with Gasteiger partial charge in [0.15, 0.2) is 11.5 Å². The van der Waals surface area contributed by atoms with Crippen LogP contribution in [-0.2, 0) is 5.92 Å². The van der Waals surface area contributed by atoms with Crippen LogP contribution in [0.1, 0.15) is 5.56 Å². The second-order valence-electron chi connectivity index (χ2n) is 8.25. The van der Waals surface area contributed by atoms with Crippen LogP contribution in [-0.4, -0.2) is 28.7 Å². The zero-order valence-corrected chi connectivity index (χ0v) is 19.2. The fraction of sp³-hybridized carbons (Fsp3) is 0.120. The van der Waals surface area contributed by atoms with E-state index >= 15 is 0 Å². The number of alkyl halides is 4. The lowest BCUT2D eigenvalue weighted by atomic mass is 10.0. The Morgan fingerprint density at radius 1 is 0.919 bits per heavy atom. The molecule has 0 atom stereocenters. The minimum atomic E-state index is -4.69. The van der Waals surface area contributed by atoms with E-state index in [-0.39, 0.29) is 12.5 Å². The van der Waals surface area contributed by atoms with Gasteiger partial charge in [-0.05, 0) is 48.0 Å². The molecule has 6 rings (SSSR count). The molecule has 0 saturated heterocycles. The van der Waals surface area contributed by atoms with Gasteiger partial charge in [-0.3, -0.25) is 0 Å². The molecule has 0 fully saturated rings. The van der Waals surface area contributed by atoms with Gasteiger partial charge in [0.2, 0.25) is 6.79 Å². The minimum absolute atomic E-state index is 0.0846. The quantitative estimate of drug-likeness (QED) is 0.296. The molecule has 3 heterocycles. The van der Waals surface area contributed by atoms with E-state index in [1.807, 2.05) is 0 Å². The van der Waals surface area contributed by atoms with Crippen molar-refractivity contribution in [3.8, 4) is 39.6 Å². The fourth-order valence-electron chi connectivity index (χ4n) is 4.06. The molecule has 4 aromatic rings. The summed E-state index contributed by atoms with van der Waals surface area (Å²) in [6.07, 6.45) is -3.23. The lowest BCUT2D eigenvalue weighted by Crippen LogP contribution is -2.37. The van der Waals surface area contributed by atoms with Crippen LogP contribution in [0.3, 0.4) is 0 Å². The lowest BCUT2D eigenvalue weighted by molar-refractivity contribution is -0.296. The maximum Gasteiger partial charge on any atom is 0.469 e. The van der Waals surface area contributed by atoms with Gasteiger partial charge in [0.1, 0.15) is 11.4 Å². The third kappa shape index (κ3) is 3.82. The van der Waals surface area contributed by atoms with Gasteiger partial charge in [-0.2, -0.15) is 27.3 Å². The molecule has 0 aliphatic carbocycles. The van der Waals surface area contributed by atoms with E-state index in [0.29, 0.717) is 38.9 Å². The molecular formula is C25H14ClF4N3O4. The summed E-state index contributed by atoms with van der Waals surface area (Å²) in [6, 6.07) is 14.1. The average Bonchev–Trinajstić information content (AvgIpc) is 3.55. The van der Waals surface area contributed by atoms with Crippen molar-refractivity contribution < 1.29 is 36.6 Å². The highest BCUT2D eigenvalue weighted by atomic mass is 35.5. The van der Waals surface area contributed by atoms with Crippen LogP contribution in [0.25, 0.3) is 22.4 Å². The molecule has 7 nitrogen and oxygen atoms in total. The van der Waals surface area contributed by atoms with E-state index in [4.69, 9.17) is 21.1 Å². The van der Waals surface area contributed by atoms with Crippen LogP contribution in [0.4, 0.5) is 28.0 Å². The normalized spacial score (nSPS) is 16.2. The van der Waals surface area contributed by atoms with Crippen LogP contribution in [0.5, 0.6) is 17.2 Å². The van der Waals surface area contributed by atoms with Crippen molar-refractivity contribution in [2.75, 3.05) is 12.1 Å². The summed E-state index contributed by atoms with van der Waals surface area (Å²) in [5.74, 6) is -4.12. The Kier molecular flexibility index (Phi) is 5.09. The number of nitrogens with zero attached hydrogens (tertiary/aromatic N) is 2. The maximum absolute atomic E-state index is 14.1. The van der Waals surface area contributed by atoms with E-state index in [0.717, 1.165) is 16.8 Å². The molecule has 0 saturated carbocycles. The third-order valence-corrected chi connectivity index (χ3v) is 6.15. The molecule has 1 aromatic heterocycles. The summed E-state index contributed by atoms with van der Waals surface area (Å²) in [6.45, 7) is 0.0846. The number of anilines is 1. The molecule has 0 bridgehead atoms. The molecule has 0 unspecified atom stereocenters. The van der Waals surface area contributed by atoms with E-state index in [1.165, 1.54) is 12.3 Å². The Morgan fingerprint density at radius 3 is 2.41 bits per heavy atom. The first-order chi connectivity index (χ1) is 17.6. The average molecular weight is 532 g/mol.